The SMILES string of the molecule is CC(C)N(C(=O)COc1ccc(Br)cc1)C1CC1. The fourth-order valence-corrected chi connectivity index (χ4v) is 2.28. The van der Waals surface area contributed by atoms with Crippen molar-refractivity contribution in [1.82, 2.24) is 4.90 Å². The topological polar surface area (TPSA) is 29.5 Å². The molecule has 0 bridgehead atoms. The normalized spacial score (nSPS) is 14.7. The number of hydrogen-bond donors (Lipinski definition) is 0. The van der Waals surface area contributed by atoms with Crippen LogP contribution < -0.4 is 4.74 Å². The lowest BCUT2D eigenvalue weighted by Gasteiger charge is -2.26. The van der Waals surface area contributed by atoms with Gasteiger partial charge in [0.1, 0.15) is 5.75 Å². The Morgan fingerprint density at radius 2 is 2.00 bits per heavy atom. The minimum Gasteiger partial charge on any atom is -0.484 e. The Hall–Kier alpha value is -1.03. The average Bonchev–Trinajstić information content (AvgIpc) is 3.12. The highest BCUT2D eigenvalue weighted by Gasteiger charge is 2.34. The van der Waals surface area contributed by atoms with Crippen LogP contribution in [0.4, 0.5) is 0 Å². The summed E-state index contributed by atoms with van der Waals surface area (Å²) in [5.41, 5.74) is 0. The number of rotatable bonds is 5. The molecule has 1 aliphatic carbocycles. The van der Waals surface area contributed by atoms with E-state index >= 15 is 0 Å². The molecule has 1 saturated carbocycles. The third kappa shape index (κ3) is 3.48. The molecule has 0 atom stereocenters. The number of ether oxygens (including phenoxy) is 1. The van der Waals surface area contributed by atoms with Gasteiger partial charge < -0.3 is 9.64 Å². The molecule has 0 aliphatic heterocycles. The van der Waals surface area contributed by atoms with Crippen molar-refractivity contribution in [2.45, 2.75) is 38.8 Å². The van der Waals surface area contributed by atoms with Gasteiger partial charge in [-0.2, -0.15) is 0 Å². The molecule has 1 aromatic rings. The fraction of sp³-hybridized carbons (Fsp3) is 0.500. The molecule has 0 aromatic heterocycles. The summed E-state index contributed by atoms with van der Waals surface area (Å²) in [6.45, 7) is 4.22. The van der Waals surface area contributed by atoms with E-state index in [1.165, 1.54) is 0 Å². The second kappa shape index (κ2) is 5.74. The summed E-state index contributed by atoms with van der Waals surface area (Å²) in [6, 6.07) is 8.20. The van der Waals surface area contributed by atoms with Gasteiger partial charge >= 0.3 is 0 Å². The van der Waals surface area contributed by atoms with Crippen LogP contribution in [0.2, 0.25) is 0 Å². The van der Waals surface area contributed by atoms with Crippen molar-refractivity contribution < 1.29 is 9.53 Å². The largest absolute Gasteiger partial charge is 0.484 e. The van der Waals surface area contributed by atoms with Gasteiger partial charge in [0, 0.05) is 16.6 Å². The number of benzene rings is 1. The summed E-state index contributed by atoms with van der Waals surface area (Å²) in [5.74, 6) is 0.807. The van der Waals surface area contributed by atoms with Gasteiger partial charge in [-0.3, -0.25) is 4.79 Å². The van der Waals surface area contributed by atoms with Crippen molar-refractivity contribution in [2.75, 3.05) is 6.61 Å². The van der Waals surface area contributed by atoms with Crippen LogP contribution >= 0.6 is 15.9 Å². The van der Waals surface area contributed by atoms with Crippen molar-refractivity contribution in [3.63, 3.8) is 0 Å². The van der Waals surface area contributed by atoms with Crippen LogP contribution in [-0.4, -0.2) is 29.5 Å². The van der Waals surface area contributed by atoms with Crippen molar-refractivity contribution >= 4 is 21.8 Å². The molecule has 1 aromatic carbocycles. The lowest BCUT2D eigenvalue weighted by molar-refractivity contribution is -0.135. The molecule has 0 saturated heterocycles. The summed E-state index contributed by atoms with van der Waals surface area (Å²) in [5, 5.41) is 0. The van der Waals surface area contributed by atoms with E-state index < -0.39 is 0 Å². The Morgan fingerprint density at radius 1 is 1.39 bits per heavy atom. The molecule has 0 unspecified atom stereocenters. The number of amides is 1. The smallest absolute Gasteiger partial charge is 0.260 e. The zero-order chi connectivity index (χ0) is 13.1. The van der Waals surface area contributed by atoms with Gasteiger partial charge in [-0.05, 0) is 51.0 Å². The number of halogens is 1. The molecule has 4 heteroatoms. The molecule has 2 rings (SSSR count). The maximum absolute atomic E-state index is 12.1. The van der Waals surface area contributed by atoms with Crippen molar-refractivity contribution in [3.8, 4) is 5.75 Å². The maximum Gasteiger partial charge on any atom is 0.260 e. The quantitative estimate of drug-likeness (QED) is 0.835. The van der Waals surface area contributed by atoms with E-state index in [0.29, 0.717) is 6.04 Å². The third-order valence-corrected chi connectivity index (χ3v) is 3.49. The zero-order valence-corrected chi connectivity index (χ0v) is 12.3. The fourth-order valence-electron chi connectivity index (χ4n) is 2.02. The maximum atomic E-state index is 12.1. The molecule has 1 fully saturated rings. The first-order valence-electron chi connectivity index (χ1n) is 6.27. The van der Waals surface area contributed by atoms with E-state index in [1.807, 2.05) is 29.2 Å². The highest BCUT2D eigenvalue weighted by Crippen LogP contribution is 2.28. The number of carbonyl (C=O) groups is 1. The Kier molecular flexibility index (Phi) is 4.27. The predicted molar refractivity (Wildman–Crippen MR) is 74.6 cm³/mol. The first-order valence-corrected chi connectivity index (χ1v) is 7.07. The Bertz CT molecular complexity index is 410. The zero-order valence-electron chi connectivity index (χ0n) is 10.7. The van der Waals surface area contributed by atoms with E-state index in [2.05, 4.69) is 29.8 Å². The van der Waals surface area contributed by atoms with E-state index in [-0.39, 0.29) is 18.6 Å². The molecule has 1 aliphatic rings. The van der Waals surface area contributed by atoms with Gasteiger partial charge in [-0.15, -0.1) is 0 Å². The van der Waals surface area contributed by atoms with Crippen molar-refractivity contribution in [2.24, 2.45) is 0 Å². The van der Waals surface area contributed by atoms with Gasteiger partial charge in [0.2, 0.25) is 0 Å². The summed E-state index contributed by atoms with van der Waals surface area (Å²) in [4.78, 5) is 14.0. The van der Waals surface area contributed by atoms with Crippen molar-refractivity contribution in [1.29, 1.82) is 0 Å². The average molecular weight is 312 g/mol. The molecule has 0 radical (unpaired) electrons. The summed E-state index contributed by atoms with van der Waals surface area (Å²) in [6.07, 6.45) is 2.25. The molecule has 0 heterocycles. The van der Waals surface area contributed by atoms with Gasteiger partial charge in [-0.1, -0.05) is 15.9 Å². The molecule has 3 nitrogen and oxygen atoms in total. The number of nitrogens with zero attached hydrogens (tertiary/aromatic N) is 1. The van der Waals surface area contributed by atoms with E-state index in [9.17, 15) is 4.79 Å². The monoisotopic (exact) mass is 311 g/mol. The highest BCUT2D eigenvalue weighted by molar-refractivity contribution is 9.10. The lowest BCUT2D eigenvalue weighted by atomic mass is 10.3. The van der Waals surface area contributed by atoms with Gasteiger partial charge in [0.15, 0.2) is 6.61 Å². The van der Waals surface area contributed by atoms with E-state index in [1.54, 1.807) is 0 Å². The third-order valence-electron chi connectivity index (χ3n) is 2.96. The molecular formula is C14H18BrNO2. The molecular weight excluding hydrogens is 294 g/mol. The number of hydrogen-bond acceptors (Lipinski definition) is 2. The first kappa shape index (κ1) is 13.4. The van der Waals surface area contributed by atoms with Crippen LogP contribution in [0.1, 0.15) is 26.7 Å². The molecule has 0 N–H and O–H groups in total. The van der Waals surface area contributed by atoms with Gasteiger partial charge in [0.25, 0.3) is 5.91 Å². The summed E-state index contributed by atoms with van der Waals surface area (Å²) < 4.78 is 6.52. The minimum absolute atomic E-state index is 0.0791. The second-order valence-corrected chi connectivity index (χ2v) is 5.78. The lowest BCUT2D eigenvalue weighted by Crippen LogP contribution is -2.41. The van der Waals surface area contributed by atoms with Crippen LogP contribution in [0.5, 0.6) is 5.75 Å². The Labute approximate surface area is 116 Å². The van der Waals surface area contributed by atoms with Crippen LogP contribution in [0.15, 0.2) is 28.7 Å². The van der Waals surface area contributed by atoms with Gasteiger partial charge in [0.05, 0.1) is 0 Å². The van der Waals surface area contributed by atoms with E-state index in [4.69, 9.17) is 4.74 Å². The van der Waals surface area contributed by atoms with Gasteiger partial charge in [-0.25, -0.2) is 0 Å². The van der Waals surface area contributed by atoms with Crippen LogP contribution in [0, 0.1) is 0 Å². The van der Waals surface area contributed by atoms with Crippen LogP contribution in [-0.2, 0) is 4.79 Å². The molecule has 1 amide bonds. The van der Waals surface area contributed by atoms with E-state index in [0.717, 1.165) is 23.1 Å². The molecule has 98 valence electrons. The summed E-state index contributed by atoms with van der Waals surface area (Å²) in [7, 11) is 0. The van der Waals surface area contributed by atoms with Crippen molar-refractivity contribution in [3.05, 3.63) is 28.7 Å². The predicted octanol–water partition coefficient (Wildman–Crippen LogP) is 3.23. The minimum atomic E-state index is 0.0791. The standard InChI is InChI=1S/C14H18BrNO2/c1-10(2)16(12-5-6-12)14(17)9-18-13-7-3-11(15)4-8-13/h3-4,7-8,10,12H,5-6,9H2,1-2H3. The highest BCUT2D eigenvalue weighted by atomic mass is 79.9. The van der Waals surface area contributed by atoms with Crippen LogP contribution in [0.25, 0.3) is 0 Å². The molecule has 0 spiro atoms. The Morgan fingerprint density at radius 3 is 2.50 bits per heavy atom. The second-order valence-electron chi connectivity index (χ2n) is 4.87. The Balaban J connectivity index is 1.88. The first-order chi connectivity index (χ1) is 8.58. The molecule has 18 heavy (non-hydrogen) atoms. The van der Waals surface area contributed by atoms with Crippen LogP contribution in [0.3, 0.4) is 0 Å². The summed E-state index contributed by atoms with van der Waals surface area (Å²) >= 11 is 3.36. The number of carbonyl (C=O) groups excluding carboxylic acids is 1.